The predicted molar refractivity (Wildman–Crippen MR) is 60.1 cm³/mol. The molecule has 0 amide bonds. The minimum absolute atomic E-state index is 0.115. The number of methoxy groups -OCH3 is 1. The van der Waals surface area contributed by atoms with Gasteiger partial charge in [-0.3, -0.25) is 0 Å². The van der Waals surface area contributed by atoms with E-state index in [1.807, 2.05) is 12.1 Å². The van der Waals surface area contributed by atoms with Gasteiger partial charge in [-0.2, -0.15) is 0 Å². The molecule has 15 heavy (non-hydrogen) atoms. The molecule has 0 spiro atoms. The third-order valence-corrected chi connectivity index (χ3v) is 3.27. The van der Waals surface area contributed by atoms with Crippen LogP contribution in [0.3, 0.4) is 0 Å². The van der Waals surface area contributed by atoms with Crippen molar-refractivity contribution in [3.05, 3.63) is 29.3 Å². The highest BCUT2D eigenvalue weighted by atomic mass is 16.5. The van der Waals surface area contributed by atoms with Gasteiger partial charge in [-0.05, 0) is 42.0 Å². The minimum atomic E-state index is 0.115. The number of aliphatic hydroxyl groups excluding tert-OH is 1. The van der Waals surface area contributed by atoms with E-state index in [4.69, 9.17) is 9.84 Å². The smallest absolute Gasteiger partial charge is 0.122 e. The first kappa shape index (κ1) is 10.5. The number of ether oxygens (including phenoxy) is 1. The zero-order chi connectivity index (χ0) is 10.7. The van der Waals surface area contributed by atoms with Crippen molar-refractivity contribution in [2.24, 2.45) is 0 Å². The molecule has 1 fully saturated rings. The second-order valence-corrected chi connectivity index (χ2v) is 4.22. The van der Waals surface area contributed by atoms with Crippen LogP contribution < -0.4 is 4.74 Å². The van der Waals surface area contributed by atoms with E-state index in [2.05, 4.69) is 6.07 Å². The number of rotatable bonds is 3. The van der Waals surface area contributed by atoms with Gasteiger partial charge in [-0.1, -0.05) is 18.9 Å². The van der Waals surface area contributed by atoms with Crippen molar-refractivity contribution in [1.29, 1.82) is 0 Å². The fourth-order valence-corrected chi connectivity index (χ4v) is 2.44. The van der Waals surface area contributed by atoms with Crippen LogP contribution in [0.5, 0.6) is 5.75 Å². The molecule has 1 aliphatic carbocycles. The standard InChI is InChI=1S/C13H18O2/c1-15-13-7-6-10(9-14)8-12(13)11-4-2-3-5-11/h6-8,11,14H,2-5,9H2,1H3. The van der Waals surface area contributed by atoms with Gasteiger partial charge in [0.05, 0.1) is 13.7 Å². The molecule has 1 N–H and O–H groups in total. The molecule has 0 radical (unpaired) electrons. The van der Waals surface area contributed by atoms with Crippen molar-refractivity contribution < 1.29 is 9.84 Å². The Morgan fingerprint density at radius 1 is 1.33 bits per heavy atom. The van der Waals surface area contributed by atoms with Crippen molar-refractivity contribution in [3.63, 3.8) is 0 Å². The van der Waals surface area contributed by atoms with Crippen LogP contribution in [0, 0.1) is 0 Å². The second kappa shape index (κ2) is 4.67. The summed E-state index contributed by atoms with van der Waals surface area (Å²) >= 11 is 0. The summed E-state index contributed by atoms with van der Waals surface area (Å²) in [5.74, 6) is 1.60. The van der Waals surface area contributed by atoms with Crippen LogP contribution in [0.15, 0.2) is 18.2 Å². The fourth-order valence-electron chi connectivity index (χ4n) is 2.44. The van der Waals surface area contributed by atoms with Gasteiger partial charge in [0.2, 0.25) is 0 Å². The molecule has 0 bridgehead atoms. The van der Waals surface area contributed by atoms with Gasteiger partial charge in [0.15, 0.2) is 0 Å². The fraction of sp³-hybridized carbons (Fsp3) is 0.538. The molecule has 0 saturated heterocycles. The molecule has 0 atom stereocenters. The second-order valence-electron chi connectivity index (χ2n) is 4.22. The zero-order valence-corrected chi connectivity index (χ0v) is 9.20. The Morgan fingerprint density at radius 2 is 2.07 bits per heavy atom. The lowest BCUT2D eigenvalue weighted by Gasteiger charge is -2.15. The number of hydrogen-bond donors (Lipinski definition) is 1. The summed E-state index contributed by atoms with van der Waals surface area (Å²) in [6, 6.07) is 5.99. The normalized spacial score (nSPS) is 16.9. The van der Waals surface area contributed by atoms with Crippen molar-refractivity contribution in [1.82, 2.24) is 0 Å². The van der Waals surface area contributed by atoms with Crippen molar-refractivity contribution in [2.45, 2.75) is 38.2 Å². The highest BCUT2D eigenvalue weighted by molar-refractivity contribution is 5.40. The van der Waals surface area contributed by atoms with Crippen molar-refractivity contribution in [2.75, 3.05) is 7.11 Å². The molecule has 1 aliphatic rings. The predicted octanol–water partition coefficient (Wildman–Crippen LogP) is 2.85. The molecule has 2 nitrogen and oxygen atoms in total. The van der Waals surface area contributed by atoms with Crippen LogP contribution in [0.1, 0.15) is 42.7 Å². The molecular formula is C13H18O2. The maximum atomic E-state index is 9.13. The van der Waals surface area contributed by atoms with E-state index in [9.17, 15) is 0 Å². The van der Waals surface area contributed by atoms with Crippen LogP contribution in [-0.2, 0) is 6.61 Å². The Kier molecular flexibility index (Phi) is 3.27. The highest BCUT2D eigenvalue weighted by Crippen LogP contribution is 2.39. The summed E-state index contributed by atoms with van der Waals surface area (Å²) in [6.07, 6.45) is 5.14. The molecule has 1 aromatic carbocycles. The molecule has 1 saturated carbocycles. The molecule has 2 heteroatoms. The van der Waals surface area contributed by atoms with E-state index >= 15 is 0 Å². The van der Waals surface area contributed by atoms with Gasteiger partial charge >= 0.3 is 0 Å². The minimum Gasteiger partial charge on any atom is -0.496 e. The molecule has 0 aliphatic heterocycles. The molecule has 0 aromatic heterocycles. The maximum Gasteiger partial charge on any atom is 0.122 e. The summed E-state index contributed by atoms with van der Waals surface area (Å²) in [6.45, 7) is 0.115. The molecule has 2 rings (SSSR count). The first-order valence-electron chi connectivity index (χ1n) is 5.63. The monoisotopic (exact) mass is 206 g/mol. The third-order valence-electron chi connectivity index (χ3n) is 3.27. The lowest BCUT2D eigenvalue weighted by molar-refractivity contribution is 0.281. The van der Waals surface area contributed by atoms with Crippen molar-refractivity contribution >= 4 is 0 Å². The van der Waals surface area contributed by atoms with Crippen LogP contribution in [0.2, 0.25) is 0 Å². The Labute approximate surface area is 90.9 Å². The van der Waals surface area contributed by atoms with E-state index in [1.165, 1.54) is 31.2 Å². The Balaban J connectivity index is 2.32. The Hall–Kier alpha value is -1.02. The van der Waals surface area contributed by atoms with Gasteiger partial charge in [0.25, 0.3) is 0 Å². The molecular weight excluding hydrogens is 188 g/mol. The van der Waals surface area contributed by atoms with Gasteiger partial charge < -0.3 is 9.84 Å². The van der Waals surface area contributed by atoms with E-state index in [0.717, 1.165) is 11.3 Å². The zero-order valence-electron chi connectivity index (χ0n) is 9.20. The number of hydrogen-bond acceptors (Lipinski definition) is 2. The molecule has 0 unspecified atom stereocenters. The van der Waals surface area contributed by atoms with Gasteiger partial charge in [-0.25, -0.2) is 0 Å². The van der Waals surface area contributed by atoms with Crippen LogP contribution >= 0.6 is 0 Å². The van der Waals surface area contributed by atoms with Crippen LogP contribution in [0.25, 0.3) is 0 Å². The Morgan fingerprint density at radius 3 is 2.67 bits per heavy atom. The molecule has 0 heterocycles. The SMILES string of the molecule is COc1ccc(CO)cc1C1CCCC1. The van der Waals surface area contributed by atoms with Gasteiger partial charge in [0, 0.05) is 0 Å². The quantitative estimate of drug-likeness (QED) is 0.824. The number of aliphatic hydroxyl groups is 1. The molecule has 82 valence electrons. The van der Waals surface area contributed by atoms with Gasteiger partial charge in [-0.15, -0.1) is 0 Å². The third kappa shape index (κ3) is 2.15. The average molecular weight is 206 g/mol. The first-order chi connectivity index (χ1) is 7.35. The van der Waals surface area contributed by atoms with E-state index in [-0.39, 0.29) is 6.61 Å². The number of benzene rings is 1. The highest BCUT2D eigenvalue weighted by Gasteiger charge is 2.20. The van der Waals surface area contributed by atoms with Gasteiger partial charge in [0.1, 0.15) is 5.75 Å². The summed E-state index contributed by atoms with van der Waals surface area (Å²) in [4.78, 5) is 0. The Bertz CT molecular complexity index is 327. The first-order valence-corrected chi connectivity index (χ1v) is 5.63. The summed E-state index contributed by atoms with van der Waals surface area (Å²) < 4.78 is 5.38. The summed E-state index contributed by atoms with van der Waals surface area (Å²) in [5, 5.41) is 9.13. The lowest BCUT2D eigenvalue weighted by atomic mass is 9.95. The van der Waals surface area contributed by atoms with E-state index in [1.54, 1.807) is 7.11 Å². The van der Waals surface area contributed by atoms with E-state index < -0.39 is 0 Å². The maximum absolute atomic E-state index is 9.13. The van der Waals surface area contributed by atoms with Crippen LogP contribution in [0.4, 0.5) is 0 Å². The van der Waals surface area contributed by atoms with Crippen molar-refractivity contribution in [3.8, 4) is 5.75 Å². The summed E-state index contributed by atoms with van der Waals surface area (Å²) in [5.41, 5.74) is 2.26. The summed E-state index contributed by atoms with van der Waals surface area (Å²) in [7, 11) is 1.71. The topological polar surface area (TPSA) is 29.5 Å². The average Bonchev–Trinajstić information content (AvgIpc) is 2.81. The van der Waals surface area contributed by atoms with Crippen LogP contribution in [-0.4, -0.2) is 12.2 Å². The lowest BCUT2D eigenvalue weighted by Crippen LogP contribution is -1.98. The largest absolute Gasteiger partial charge is 0.496 e. The van der Waals surface area contributed by atoms with E-state index in [0.29, 0.717) is 5.92 Å². The molecule has 1 aromatic rings.